The molecule has 0 aliphatic heterocycles. The van der Waals surface area contributed by atoms with Gasteiger partial charge in [0.1, 0.15) is 12.6 Å². The van der Waals surface area contributed by atoms with E-state index in [-0.39, 0.29) is 23.4 Å². The predicted octanol–water partition coefficient (Wildman–Crippen LogP) is 5.17. The third-order valence-corrected chi connectivity index (χ3v) is 8.61. The van der Waals surface area contributed by atoms with Gasteiger partial charge in [-0.3, -0.25) is 13.9 Å². The lowest BCUT2D eigenvalue weighted by atomic mass is 10.1. The van der Waals surface area contributed by atoms with Crippen molar-refractivity contribution in [3.8, 4) is 0 Å². The first-order valence-electron chi connectivity index (χ1n) is 13.5. The Kier molecular flexibility index (Phi) is 10.7. The predicted molar refractivity (Wildman–Crippen MR) is 156 cm³/mol. The van der Waals surface area contributed by atoms with Crippen LogP contribution in [-0.2, 0) is 32.6 Å². The zero-order valence-corrected chi connectivity index (χ0v) is 24.0. The molecular weight excluding hydrogens is 510 g/mol. The molecular formula is C31H39N3O4S. The number of nitrogens with one attached hydrogen (secondary N) is 1. The highest BCUT2D eigenvalue weighted by Crippen LogP contribution is 2.25. The standard InChI is InChI=1S/C31H39N3O4S/c1-5-24(4)32-31(36)29(7-3)33(22-26-14-10-8-11-15-26)30(35)23-34(27-20-18-25(6-2)19-21-27)39(37,38)28-16-12-9-13-17-28/h8-21,24,29H,5-7,22-23H2,1-4H3,(H,32,36)/t24-,29-/m0/s1. The van der Waals surface area contributed by atoms with E-state index < -0.39 is 28.5 Å². The number of hydrogen-bond donors (Lipinski definition) is 1. The molecule has 7 nitrogen and oxygen atoms in total. The molecule has 0 spiro atoms. The number of nitrogens with zero attached hydrogens (tertiary/aromatic N) is 2. The summed E-state index contributed by atoms with van der Waals surface area (Å²) in [5.41, 5.74) is 2.30. The minimum Gasteiger partial charge on any atom is -0.352 e. The first kappa shape index (κ1) is 29.9. The van der Waals surface area contributed by atoms with Gasteiger partial charge in [0.2, 0.25) is 11.8 Å². The SMILES string of the molecule is CCc1ccc(N(CC(=O)N(Cc2ccccc2)[C@@H](CC)C(=O)N[C@@H](C)CC)S(=O)(=O)c2ccccc2)cc1. The number of benzene rings is 3. The molecule has 0 radical (unpaired) electrons. The van der Waals surface area contributed by atoms with Crippen LogP contribution in [0.15, 0.2) is 89.8 Å². The van der Waals surface area contributed by atoms with Gasteiger partial charge in [0.05, 0.1) is 10.6 Å². The Bertz CT molecular complexity index is 1310. The number of hydrogen-bond acceptors (Lipinski definition) is 4. The van der Waals surface area contributed by atoms with Crippen molar-refractivity contribution in [2.24, 2.45) is 0 Å². The minimum absolute atomic E-state index is 0.0488. The molecule has 3 rings (SSSR count). The molecule has 3 aromatic rings. The highest BCUT2D eigenvalue weighted by Gasteiger charge is 2.33. The Morgan fingerprint density at radius 3 is 1.92 bits per heavy atom. The van der Waals surface area contributed by atoms with Crippen molar-refractivity contribution in [2.75, 3.05) is 10.8 Å². The van der Waals surface area contributed by atoms with E-state index in [0.29, 0.717) is 12.1 Å². The van der Waals surface area contributed by atoms with Crippen molar-refractivity contribution in [2.45, 2.75) is 70.5 Å². The smallest absolute Gasteiger partial charge is 0.264 e. The van der Waals surface area contributed by atoms with Gasteiger partial charge in [0, 0.05) is 12.6 Å². The Morgan fingerprint density at radius 2 is 1.38 bits per heavy atom. The molecule has 0 bridgehead atoms. The normalized spacial score (nSPS) is 12.8. The Hall–Kier alpha value is -3.65. The molecule has 0 aliphatic carbocycles. The average Bonchev–Trinajstić information content (AvgIpc) is 2.96. The van der Waals surface area contributed by atoms with Crippen LogP contribution in [0.3, 0.4) is 0 Å². The number of carbonyl (C=O) groups is 2. The molecule has 0 aromatic heterocycles. The van der Waals surface area contributed by atoms with E-state index in [9.17, 15) is 18.0 Å². The summed E-state index contributed by atoms with van der Waals surface area (Å²) in [4.78, 5) is 28.9. The van der Waals surface area contributed by atoms with E-state index in [1.54, 1.807) is 30.3 Å². The van der Waals surface area contributed by atoms with Crippen molar-refractivity contribution in [1.29, 1.82) is 0 Å². The van der Waals surface area contributed by atoms with Gasteiger partial charge in [0.15, 0.2) is 0 Å². The third-order valence-electron chi connectivity index (χ3n) is 6.83. The largest absolute Gasteiger partial charge is 0.352 e. The van der Waals surface area contributed by atoms with Gasteiger partial charge in [-0.2, -0.15) is 0 Å². The van der Waals surface area contributed by atoms with Gasteiger partial charge < -0.3 is 10.2 Å². The fourth-order valence-electron chi connectivity index (χ4n) is 4.29. The van der Waals surface area contributed by atoms with E-state index in [4.69, 9.17) is 0 Å². The fourth-order valence-corrected chi connectivity index (χ4v) is 5.72. The van der Waals surface area contributed by atoms with Crippen molar-refractivity contribution in [3.05, 3.63) is 96.1 Å². The van der Waals surface area contributed by atoms with Crippen LogP contribution in [0, 0.1) is 0 Å². The molecule has 0 unspecified atom stereocenters. The summed E-state index contributed by atoms with van der Waals surface area (Å²) in [6.07, 6.45) is 1.95. The van der Waals surface area contributed by atoms with Gasteiger partial charge >= 0.3 is 0 Å². The number of aryl methyl sites for hydroxylation is 1. The molecule has 8 heteroatoms. The molecule has 0 saturated carbocycles. The second-order valence-corrected chi connectivity index (χ2v) is 11.5. The Balaban J connectivity index is 2.03. The first-order valence-corrected chi connectivity index (χ1v) is 15.0. The van der Waals surface area contributed by atoms with E-state index in [1.165, 1.54) is 17.0 Å². The molecule has 0 fully saturated rings. The summed E-state index contributed by atoms with van der Waals surface area (Å²) in [6.45, 7) is 7.52. The zero-order valence-electron chi connectivity index (χ0n) is 23.2. The van der Waals surface area contributed by atoms with Crippen LogP contribution in [0.4, 0.5) is 5.69 Å². The maximum atomic E-state index is 14.0. The number of rotatable bonds is 13. The highest BCUT2D eigenvalue weighted by atomic mass is 32.2. The summed E-state index contributed by atoms with van der Waals surface area (Å²) in [7, 11) is -4.07. The number of amides is 2. The maximum absolute atomic E-state index is 14.0. The van der Waals surface area contributed by atoms with Gasteiger partial charge in [-0.25, -0.2) is 8.42 Å². The monoisotopic (exact) mass is 549 g/mol. The fraction of sp³-hybridized carbons (Fsp3) is 0.355. The quantitative estimate of drug-likeness (QED) is 0.319. The lowest BCUT2D eigenvalue weighted by Gasteiger charge is -2.33. The molecule has 208 valence electrons. The summed E-state index contributed by atoms with van der Waals surface area (Å²) in [5, 5.41) is 2.99. The van der Waals surface area contributed by atoms with Crippen LogP contribution in [0.5, 0.6) is 0 Å². The second-order valence-electron chi connectivity index (χ2n) is 9.59. The summed E-state index contributed by atoms with van der Waals surface area (Å²) < 4.78 is 28.8. The van der Waals surface area contributed by atoms with Crippen molar-refractivity contribution in [1.82, 2.24) is 10.2 Å². The number of sulfonamides is 1. The number of carbonyl (C=O) groups excluding carboxylic acids is 2. The summed E-state index contributed by atoms with van der Waals surface area (Å²) in [5.74, 6) is -0.704. The Labute approximate surface area is 232 Å². The van der Waals surface area contributed by atoms with Crippen LogP contribution >= 0.6 is 0 Å². The molecule has 2 atom stereocenters. The van der Waals surface area contributed by atoms with Crippen molar-refractivity contribution < 1.29 is 18.0 Å². The van der Waals surface area contributed by atoms with Crippen LogP contribution in [0.1, 0.15) is 51.7 Å². The topological polar surface area (TPSA) is 86.8 Å². The molecule has 0 aliphatic rings. The lowest BCUT2D eigenvalue weighted by molar-refractivity contribution is -0.140. The van der Waals surface area contributed by atoms with E-state index >= 15 is 0 Å². The molecule has 3 aromatic carbocycles. The van der Waals surface area contributed by atoms with Crippen molar-refractivity contribution >= 4 is 27.5 Å². The highest BCUT2D eigenvalue weighted by molar-refractivity contribution is 7.92. The van der Waals surface area contributed by atoms with Crippen LogP contribution in [0.2, 0.25) is 0 Å². The molecule has 39 heavy (non-hydrogen) atoms. The second kappa shape index (κ2) is 13.9. The summed E-state index contributed by atoms with van der Waals surface area (Å²) >= 11 is 0. The van der Waals surface area contributed by atoms with Gasteiger partial charge in [-0.05, 0) is 61.6 Å². The molecule has 1 N–H and O–H groups in total. The van der Waals surface area contributed by atoms with E-state index in [1.807, 2.05) is 70.2 Å². The van der Waals surface area contributed by atoms with Crippen LogP contribution < -0.4 is 9.62 Å². The molecule has 0 saturated heterocycles. The molecule has 0 heterocycles. The van der Waals surface area contributed by atoms with Crippen LogP contribution in [-0.4, -0.2) is 43.8 Å². The Morgan fingerprint density at radius 1 is 0.795 bits per heavy atom. The van der Waals surface area contributed by atoms with Gasteiger partial charge in [0.25, 0.3) is 10.0 Å². The van der Waals surface area contributed by atoms with E-state index in [0.717, 1.165) is 28.3 Å². The molecule has 2 amide bonds. The zero-order chi connectivity index (χ0) is 28.4. The van der Waals surface area contributed by atoms with Gasteiger partial charge in [-0.15, -0.1) is 0 Å². The van der Waals surface area contributed by atoms with E-state index in [2.05, 4.69) is 5.32 Å². The first-order chi connectivity index (χ1) is 18.7. The summed E-state index contributed by atoms with van der Waals surface area (Å²) in [6, 6.07) is 23.9. The van der Waals surface area contributed by atoms with Crippen LogP contribution in [0.25, 0.3) is 0 Å². The third kappa shape index (κ3) is 7.69. The lowest BCUT2D eigenvalue weighted by Crippen LogP contribution is -2.53. The minimum atomic E-state index is -4.07. The number of anilines is 1. The van der Waals surface area contributed by atoms with Gasteiger partial charge in [-0.1, -0.05) is 81.4 Å². The average molecular weight is 550 g/mol. The van der Waals surface area contributed by atoms with Crippen molar-refractivity contribution in [3.63, 3.8) is 0 Å². The maximum Gasteiger partial charge on any atom is 0.264 e.